The highest BCUT2D eigenvalue weighted by Gasteiger charge is 2.33. The first-order valence-corrected chi connectivity index (χ1v) is 12.6. The summed E-state index contributed by atoms with van der Waals surface area (Å²) in [5.41, 5.74) is 2.32. The Hall–Kier alpha value is -2.83. The molecule has 1 saturated heterocycles. The third kappa shape index (κ3) is 6.59. The number of hydrogen-bond donors (Lipinski definition) is 3. The smallest absolute Gasteiger partial charge is 0.312 e. The normalized spacial score (nSPS) is 16.0. The highest BCUT2D eigenvalue weighted by molar-refractivity contribution is 7.80. The summed E-state index contributed by atoms with van der Waals surface area (Å²) < 4.78 is 22.3. The number of likely N-dealkylation sites (N-methyl/N-ethyl adjacent to an activating group) is 1. The number of nitrogens with one attached hydrogen (secondary N) is 2. The van der Waals surface area contributed by atoms with Gasteiger partial charge in [-0.3, -0.25) is 23.7 Å². The van der Waals surface area contributed by atoms with Crippen LogP contribution in [-0.2, 0) is 38.5 Å². The summed E-state index contributed by atoms with van der Waals surface area (Å²) in [6.45, 7) is 4.79. The van der Waals surface area contributed by atoms with Crippen LogP contribution >= 0.6 is 11.3 Å². The number of nitrogens with zero attached hydrogens (tertiary/aromatic N) is 3. The molecule has 3 rings (SSSR count). The van der Waals surface area contributed by atoms with E-state index in [-0.39, 0.29) is 12.5 Å². The second-order valence-electron chi connectivity index (χ2n) is 7.51. The summed E-state index contributed by atoms with van der Waals surface area (Å²) in [7, 11) is 0. The van der Waals surface area contributed by atoms with E-state index in [0.717, 1.165) is 22.7 Å². The van der Waals surface area contributed by atoms with Gasteiger partial charge in [-0.15, -0.1) is 11.3 Å². The van der Waals surface area contributed by atoms with Crippen molar-refractivity contribution in [3.05, 3.63) is 45.9 Å². The standard InChI is InChI=1S/C21H27N5O5S2/c1-3-15-13-32-19(22-15)17(11-14-5-7-16(8-6-14)24-33(30)31)23-18(27)12-26-10-9-25(4-2)20(28)21(26)29/h5-8,13,17,24H,3-4,9-12H2,1-2H3,(H,23,27)(H,30,31)/t17-/m0/s1. The number of aryl methyl sites for hydroxylation is 1. The number of benzene rings is 1. The van der Waals surface area contributed by atoms with Gasteiger partial charge in [0.2, 0.25) is 5.91 Å². The molecule has 0 aliphatic carbocycles. The fourth-order valence-corrected chi connectivity index (χ4v) is 4.76. The number of carbonyl (C=O) groups excluding carboxylic acids is 3. The molecule has 1 unspecified atom stereocenters. The number of carbonyl (C=O) groups is 3. The predicted octanol–water partition coefficient (Wildman–Crippen LogP) is 1.34. The van der Waals surface area contributed by atoms with Crippen LogP contribution in [0.3, 0.4) is 0 Å². The van der Waals surface area contributed by atoms with Crippen LogP contribution in [0.15, 0.2) is 29.6 Å². The highest BCUT2D eigenvalue weighted by atomic mass is 32.2. The Balaban J connectivity index is 1.70. The van der Waals surface area contributed by atoms with E-state index >= 15 is 0 Å². The Morgan fingerprint density at radius 2 is 1.85 bits per heavy atom. The fourth-order valence-electron chi connectivity index (χ4n) is 3.47. The molecular formula is C21H27N5O5S2. The third-order valence-electron chi connectivity index (χ3n) is 5.28. The zero-order valence-corrected chi connectivity index (χ0v) is 20.1. The Labute approximate surface area is 198 Å². The molecule has 0 spiro atoms. The minimum absolute atomic E-state index is 0.199. The molecular weight excluding hydrogens is 466 g/mol. The maximum atomic E-state index is 12.8. The second kappa shape index (κ2) is 11.3. The molecule has 2 heterocycles. The van der Waals surface area contributed by atoms with Crippen molar-refractivity contribution < 1.29 is 23.1 Å². The van der Waals surface area contributed by atoms with Crippen LogP contribution in [0.1, 0.15) is 36.2 Å². The monoisotopic (exact) mass is 493 g/mol. The van der Waals surface area contributed by atoms with E-state index in [1.165, 1.54) is 21.1 Å². The van der Waals surface area contributed by atoms with Gasteiger partial charge in [-0.05, 0) is 37.5 Å². The van der Waals surface area contributed by atoms with Crippen molar-refractivity contribution in [2.75, 3.05) is 30.9 Å². The predicted molar refractivity (Wildman–Crippen MR) is 126 cm³/mol. The lowest BCUT2D eigenvalue weighted by Gasteiger charge is -2.32. The van der Waals surface area contributed by atoms with Crippen LogP contribution in [0.25, 0.3) is 0 Å². The Morgan fingerprint density at radius 1 is 1.18 bits per heavy atom. The summed E-state index contributed by atoms with van der Waals surface area (Å²) >= 11 is -0.704. The van der Waals surface area contributed by atoms with Crippen molar-refractivity contribution >= 4 is 46.0 Å². The van der Waals surface area contributed by atoms with E-state index < -0.39 is 29.1 Å². The zero-order valence-electron chi connectivity index (χ0n) is 18.4. The largest absolute Gasteiger partial charge is 0.345 e. The van der Waals surface area contributed by atoms with Crippen molar-refractivity contribution in [3.63, 3.8) is 0 Å². The number of aromatic nitrogens is 1. The van der Waals surface area contributed by atoms with Crippen LogP contribution in [-0.4, -0.2) is 67.4 Å². The van der Waals surface area contributed by atoms with Crippen molar-refractivity contribution in [2.24, 2.45) is 0 Å². The average Bonchev–Trinajstić information content (AvgIpc) is 3.27. The van der Waals surface area contributed by atoms with Crippen LogP contribution in [0.2, 0.25) is 0 Å². The van der Waals surface area contributed by atoms with Crippen molar-refractivity contribution in [3.8, 4) is 0 Å². The first-order chi connectivity index (χ1) is 15.8. The van der Waals surface area contributed by atoms with Crippen LogP contribution < -0.4 is 10.0 Å². The summed E-state index contributed by atoms with van der Waals surface area (Å²) in [6, 6.07) is 6.54. The molecule has 0 radical (unpaired) electrons. The van der Waals surface area contributed by atoms with Gasteiger partial charge >= 0.3 is 11.8 Å². The van der Waals surface area contributed by atoms with Gasteiger partial charge in [0.1, 0.15) is 11.6 Å². The Morgan fingerprint density at radius 3 is 2.45 bits per heavy atom. The van der Waals surface area contributed by atoms with Gasteiger partial charge in [-0.2, -0.15) is 0 Å². The lowest BCUT2D eigenvalue weighted by atomic mass is 10.1. The molecule has 1 fully saturated rings. The molecule has 12 heteroatoms. The van der Waals surface area contributed by atoms with Gasteiger partial charge in [-0.1, -0.05) is 19.1 Å². The topological polar surface area (TPSA) is 132 Å². The fraction of sp³-hybridized carbons (Fsp3) is 0.429. The molecule has 0 saturated carbocycles. The van der Waals surface area contributed by atoms with E-state index in [1.807, 2.05) is 19.2 Å². The van der Waals surface area contributed by atoms with Gasteiger partial charge in [0.05, 0.1) is 11.7 Å². The SMILES string of the molecule is CCc1csc([C@H](Cc2ccc(NS(=O)O)cc2)NC(=O)CN2CCN(CC)C(=O)C2=O)n1. The number of piperazine rings is 1. The molecule has 3 N–H and O–H groups in total. The van der Waals surface area contributed by atoms with Gasteiger partial charge in [-0.25, -0.2) is 9.19 Å². The van der Waals surface area contributed by atoms with Gasteiger partial charge in [0.15, 0.2) is 0 Å². The number of thiazole rings is 1. The molecule has 2 atom stereocenters. The lowest BCUT2D eigenvalue weighted by molar-refractivity contribution is -0.156. The number of anilines is 1. The van der Waals surface area contributed by atoms with Crippen molar-refractivity contribution in [2.45, 2.75) is 32.7 Å². The van der Waals surface area contributed by atoms with Crippen LogP contribution in [0.5, 0.6) is 0 Å². The van der Waals surface area contributed by atoms with Crippen molar-refractivity contribution in [1.82, 2.24) is 20.1 Å². The Bertz CT molecular complexity index is 1030. The van der Waals surface area contributed by atoms with E-state index in [9.17, 15) is 18.6 Å². The van der Waals surface area contributed by atoms with E-state index in [0.29, 0.717) is 31.7 Å². The first-order valence-electron chi connectivity index (χ1n) is 10.6. The molecule has 1 aliphatic heterocycles. The summed E-state index contributed by atoms with van der Waals surface area (Å²) in [5, 5.41) is 5.66. The molecule has 2 aromatic rings. The highest BCUT2D eigenvalue weighted by Crippen LogP contribution is 2.24. The third-order valence-corrected chi connectivity index (χ3v) is 6.69. The summed E-state index contributed by atoms with van der Waals surface area (Å²) in [4.78, 5) is 44.6. The lowest BCUT2D eigenvalue weighted by Crippen LogP contribution is -2.56. The average molecular weight is 494 g/mol. The molecule has 1 aromatic carbocycles. The summed E-state index contributed by atoms with van der Waals surface area (Å²) in [6.07, 6.45) is 1.22. The van der Waals surface area contributed by atoms with Crippen LogP contribution in [0, 0.1) is 0 Å². The molecule has 10 nitrogen and oxygen atoms in total. The molecule has 3 amide bonds. The number of rotatable bonds is 10. The zero-order chi connectivity index (χ0) is 24.0. The molecule has 0 bridgehead atoms. The van der Waals surface area contributed by atoms with E-state index in [4.69, 9.17) is 4.55 Å². The van der Waals surface area contributed by atoms with Gasteiger partial charge < -0.3 is 15.1 Å². The molecule has 33 heavy (non-hydrogen) atoms. The second-order valence-corrected chi connectivity index (χ2v) is 9.11. The quantitative estimate of drug-likeness (QED) is 0.338. The van der Waals surface area contributed by atoms with E-state index in [1.54, 1.807) is 24.3 Å². The molecule has 178 valence electrons. The van der Waals surface area contributed by atoms with Gasteiger partial charge in [0.25, 0.3) is 11.3 Å². The van der Waals surface area contributed by atoms with Gasteiger partial charge in [0, 0.05) is 30.7 Å². The number of amides is 3. The molecule has 1 aliphatic rings. The Kier molecular flexibility index (Phi) is 8.53. The van der Waals surface area contributed by atoms with Crippen LogP contribution in [0.4, 0.5) is 5.69 Å². The number of hydrogen-bond acceptors (Lipinski definition) is 6. The maximum Gasteiger partial charge on any atom is 0.312 e. The van der Waals surface area contributed by atoms with E-state index in [2.05, 4.69) is 15.0 Å². The molecule has 1 aromatic heterocycles. The first kappa shape index (κ1) is 24.8. The minimum Gasteiger partial charge on any atom is -0.345 e. The minimum atomic E-state index is -2.16. The maximum absolute atomic E-state index is 12.8. The van der Waals surface area contributed by atoms with Crippen molar-refractivity contribution in [1.29, 1.82) is 0 Å². The summed E-state index contributed by atoms with van der Waals surface area (Å²) in [5.74, 6) is -1.62.